The van der Waals surface area contributed by atoms with Crippen LogP contribution in [-0.4, -0.2) is 24.2 Å². The van der Waals surface area contributed by atoms with E-state index in [4.69, 9.17) is 15.3 Å². The molecule has 1 amide bonds. The lowest BCUT2D eigenvalue weighted by molar-refractivity contribution is -0.106. The molecule has 2 atom stereocenters. The minimum Gasteiger partial charge on any atom is -0.375 e. The van der Waals surface area contributed by atoms with Gasteiger partial charge in [-0.25, -0.2) is 5.84 Å². The molecule has 1 aliphatic rings. The molecule has 0 aromatic heterocycles. The molecule has 1 saturated heterocycles. The second-order valence-electron chi connectivity index (χ2n) is 5.34. The number of amides is 1. The molecule has 1 fully saturated rings. The van der Waals surface area contributed by atoms with Crippen molar-refractivity contribution in [3.63, 3.8) is 0 Å². The molecule has 2 unspecified atom stereocenters. The van der Waals surface area contributed by atoms with Gasteiger partial charge in [0.25, 0.3) is 5.91 Å². The summed E-state index contributed by atoms with van der Waals surface area (Å²) in [5, 5.41) is 0. The Kier molecular flexibility index (Phi) is 5.11. The third-order valence-corrected chi connectivity index (χ3v) is 3.46. The summed E-state index contributed by atoms with van der Waals surface area (Å²) in [5.41, 5.74) is 3.64. The third-order valence-electron chi connectivity index (χ3n) is 3.46. The first kappa shape index (κ1) is 15.0. The monoisotopic (exact) mass is 278 g/mol. The number of nitrogens with two attached hydrogens (primary N) is 1. The molecule has 2 rings (SSSR count). The zero-order chi connectivity index (χ0) is 14.5. The summed E-state index contributed by atoms with van der Waals surface area (Å²) in [4.78, 5) is 11.5. The highest BCUT2D eigenvalue weighted by molar-refractivity contribution is 5.93. The molecule has 1 aromatic rings. The van der Waals surface area contributed by atoms with E-state index in [0.29, 0.717) is 12.2 Å². The second-order valence-corrected chi connectivity index (χ2v) is 5.34. The Balaban J connectivity index is 1.92. The van der Waals surface area contributed by atoms with E-state index in [1.807, 2.05) is 12.1 Å². The second kappa shape index (κ2) is 6.83. The Bertz CT molecular complexity index is 454. The lowest BCUT2D eigenvalue weighted by Crippen LogP contribution is -2.34. The van der Waals surface area contributed by atoms with E-state index in [9.17, 15) is 4.79 Å². The first-order chi connectivity index (χ1) is 9.58. The van der Waals surface area contributed by atoms with Crippen LogP contribution in [0.25, 0.3) is 0 Å². The lowest BCUT2D eigenvalue weighted by atomic mass is 10.0. The highest BCUT2D eigenvalue weighted by atomic mass is 16.5. The summed E-state index contributed by atoms with van der Waals surface area (Å²) in [6.07, 6.45) is 2.50. The van der Waals surface area contributed by atoms with Crippen molar-refractivity contribution in [3.8, 4) is 0 Å². The number of carbonyl (C=O) groups is 1. The number of carbonyl (C=O) groups excluding carboxylic acids is 1. The summed E-state index contributed by atoms with van der Waals surface area (Å²) in [5.74, 6) is 4.84. The van der Waals surface area contributed by atoms with E-state index in [0.717, 1.165) is 18.4 Å². The maximum atomic E-state index is 11.5. The highest BCUT2D eigenvalue weighted by Crippen LogP contribution is 2.22. The first-order valence-corrected chi connectivity index (χ1v) is 6.95. The molecule has 0 saturated carbocycles. The number of benzene rings is 1. The van der Waals surface area contributed by atoms with Crippen LogP contribution in [0.4, 0.5) is 0 Å². The Morgan fingerprint density at radius 2 is 2.10 bits per heavy atom. The normalized spacial score (nSPS) is 26.2. The summed E-state index contributed by atoms with van der Waals surface area (Å²) in [6, 6.07) is 7.30. The van der Waals surface area contributed by atoms with Gasteiger partial charge in [0.05, 0.1) is 24.9 Å². The van der Waals surface area contributed by atoms with E-state index in [1.165, 1.54) is 0 Å². The zero-order valence-electron chi connectivity index (χ0n) is 12.0. The topological polar surface area (TPSA) is 73.6 Å². The van der Waals surface area contributed by atoms with E-state index < -0.39 is 0 Å². The Morgan fingerprint density at radius 1 is 1.40 bits per heavy atom. The number of nitrogens with one attached hydrogen (secondary N) is 1. The van der Waals surface area contributed by atoms with Crippen LogP contribution >= 0.6 is 0 Å². The van der Waals surface area contributed by atoms with Crippen LogP contribution in [0.2, 0.25) is 0 Å². The van der Waals surface area contributed by atoms with Crippen LogP contribution in [0.1, 0.15) is 42.6 Å². The number of ether oxygens (including phenoxy) is 2. The van der Waals surface area contributed by atoms with Gasteiger partial charge in [-0.3, -0.25) is 10.2 Å². The van der Waals surface area contributed by atoms with Crippen molar-refractivity contribution >= 4 is 5.91 Å². The van der Waals surface area contributed by atoms with Gasteiger partial charge in [-0.05, 0) is 44.4 Å². The van der Waals surface area contributed by atoms with E-state index >= 15 is 0 Å². The first-order valence-electron chi connectivity index (χ1n) is 6.95. The van der Waals surface area contributed by atoms with Gasteiger partial charge in [0, 0.05) is 5.56 Å². The van der Waals surface area contributed by atoms with Crippen LogP contribution < -0.4 is 11.3 Å². The van der Waals surface area contributed by atoms with Crippen molar-refractivity contribution in [1.82, 2.24) is 5.43 Å². The van der Waals surface area contributed by atoms with Gasteiger partial charge in [-0.15, -0.1) is 0 Å². The molecule has 0 bridgehead atoms. The van der Waals surface area contributed by atoms with Crippen LogP contribution in [0, 0.1) is 0 Å². The summed E-state index contributed by atoms with van der Waals surface area (Å²) >= 11 is 0. The molecule has 0 aliphatic carbocycles. The molecule has 110 valence electrons. The summed E-state index contributed by atoms with van der Waals surface area (Å²) in [6.45, 7) is 4.63. The molecule has 1 heterocycles. The van der Waals surface area contributed by atoms with Crippen LogP contribution in [-0.2, 0) is 16.1 Å². The predicted octanol–water partition coefficient (Wildman–Crippen LogP) is 1.76. The molecule has 3 N–H and O–H groups in total. The number of rotatable bonds is 4. The van der Waals surface area contributed by atoms with Crippen LogP contribution in [0.15, 0.2) is 24.3 Å². The van der Waals surface area contributed by atoms with Gasteiger partial charge >= 0.3 is 0 Å². The van der Waals surface area contributed by atoms with Crippen LogP contribution in [0.5, 0.6) is 0 Å². The molecular formula is C15H22N2O3. The average molecular weight is 278 g/mol. The summed E-state index contributed by atoms with van der Waals surface area (Å²) in [7, 11) is 0. The van der Waals surface area contributed by atoms with Crippen molar-refractivity contribution in [2.24, 2.45) is 5.84 Å². The maximum absolute atomic E-state index is 11.5. The standard InChI is InChI=1S/C15H22N2O3/c1-10-6-14(7-11(2)20-10)19-9-12-4-3-5-13(8-12)15(18)17-16/h3-5,8,10-11,14H,6-7,9,16H2,1-2H3,(H,17,18). The number of nitrogen functional groups attached to an aromatic ring is 1. The number of hydrogen-bond acceptors (Lipinski definition) is 4. The number of hydrazine groups is 1. The molecule has 20 heavy (non-hydrogen) atoms. The maximum Gasteiger partial charge on any atom is 0.265 e. The zero-order valence-corrected chi connectivity index (χ0v) is 12.0. The fraction of sp³-hybridized carbons (Fsp3) is 0.533. The lowest BCUT2D eigenvalue weighted by Gasteiger charge is -2.32. The minimum atomic E-state index is -0.292. The Labute approximate surface area is 119 Å². The summed E-state index contributed by atoms with van der Waals surface area (Å²) < 4.78 is 11.6. The van der Waals surface area contributed by atoms with E-state index in [2.05, 4.69) is 19.3 Å². The average Bonchev–Trinajstić information content (AvgIpc) is 2.43. The van der Waals surface area contributed by atoms with Crippen molar-refractivity contribution in [2.45, 2.75) is 51.6 Å². The predicted molar refractivity (Wildman–Crippen MR) is 75.9 cm³/mol. The van der Waals surface area contributed by atoms with Gasteiger partial charge < -0.3 is 9.47 Å². The molecule has 5 nitrogen and oxygen atoms in total. The van der Waals surface area contributed by atoms with Gasteiger partial charge in [0.1, 0.15) is 0 Å². The quantitative estimate of drug-likeness (QED) is 0.500. The molecule has 1 aliphatic heterocycles. The fourth-order valence-corrected chi connectivity index (χ4v) is 2.58. The molecule has 5 heteroatoms. The van der Waals surface area contributed by atoms with E-state index in [1.54, 1.807) is 12.1 Å². The molecular weight excluding hydrogens is 256 g/mol. The van der Waals surface area contributed by atoms with E-state index in [-0.39, 0.29) is 24.2 Å². The SMILES string of the molecule is CC1CC(OCc2cccc(C(=O)NN)c2)CC(C)O1. The minimum absolute atomic E-state index is 0.209. The smallest absolute Gasteiger partial charge is 0.265 e. The highest BCUT2D eigenvalue weighted by Gasteiger charge is 2.24. The molecule has 1 aromatic carbocycles. The van der Waals surface area contributed by atoms with Crippen molar-refractivity contribution in [3.05, 3.63) is 35.4 Å². The van der Waals surface area contributed by atoms with Crippen molar-refractivity contribution in [2.75, 3.05) is 0 Å². The van der Waals surface area contributed by atoms with Gasteiger partial charge in [-0.1, -0.05) is 12.1 Å². The Morgan fingerprint density at radius 3 is 2.75 bits per heavy atom. The van der Waals surface area contributed by atoms with Crippen molar-refractivity contribution in [1.29, 1.82) is 0 Å². The Hall–Kier alpha value is -1.43. The fourth-order valence-electron chi connectivity index (χ4n) is 2.58. The number of hydrogen-bond donors (Lipinski definition) is 2. The van der Waals surface area contributed by atoms with Crippen molar-refractivity contribution < 1.29 is 14.3 Å². The molecule has 0 radical (unpaired) electrons. The third kappa shape index (κ3) is 4.03. The van der Waals surface area contributed by atoms with Gasteiger partial charge in [-0.2, -0.15) is 0 Å². The largest absolute Gasteiger partial charge is 0.375 e. The molecule has 0 spiro atoms. The van der Waals surface area contributed by atoms with Gasteiger partial charge in [0.15, 0.2) is 0 Å². The van der Waals surface area contributed by atoms with Crippen LogP contribution in [0.3, 0.4) is 0 Å². The van der Waals surface area contributed by atoms with Gasteiger partial charge in [0.2, 0.25) is 0 Å².